The molecule has 2 heterocycles. The van der Waals surface area contributed by atoms with E-state index in [4.69, 9.17) is 4.42 Å². The van der Waals surface area contributed by atoms with Crippen LogP contribution in [0.4, 0.5) is 6.01 Å². The van der Waals surface area contributed by atoms with E-state index in [9.17, 15) is 4.79 Å². The predicted molar refractivity (Wildman–Crippen MR) is 72.1 cm³/mol. The average Bonchev–Trinajstić information content (AvgIpc) is 3.01. The molecule has 21 heavy (non-hydrogen) atoms. The van der Waals surface area contributed by atoms with E-state index in [2.05, 4.69) is 31.1 Å². The van der Waals surface area contributed by atoms with Crippen LogP contribution in [0.25, 0.3) is 0 Å². The van der Waals surface area contributed by atoms with Crippen LogP contribution in [0.1, 0.15) is 24.4 Å². The van der Waals surface area contributed by atoms with E-state index in [0.717, 1.165) is 18.2 Å². The number of hydrogen-bond donors (Lipinski definition) is 2. The van der Waals surface area contributed by atoms with Gasteiger partial charge in [-0.25, -0.2) is 4.68 Å². The van der Waals surface area contributed by atoms with Crippen molar-refractivity contribution in [1.29, 1.82) is 0 Å². The summed E-state index contributed by atoms with van der Waals surface area (Å²) in [4.78, 5) is 11.8. The molecule has 1 saturated carbocycles. The van der Waals surface area contributed by atoms with Crippen molar-refractivity contribution in [3.8, 4) is 0 Å². The normalized spacial score (nSPS) is 14.3. The standard InChI is InChI=1S/C12H17N7O2/c1-8-15-17-12(21-8)14-11(20)7-19-6-10(16-18-19)5-13-4-9-2-3-9/h6,9,13H,2-5,7H2,1H3,(H,14,17,20). The number of carbonyl (C=O) groups excluding carboxylic acids is 1. The number of nitrogens with one attached hydrogen (secondary N) is 2. The third-order valence-electron chi connectivity index (χ3n) is 3.10. The van der Waals surface area contributed by atoms with E-state index in [1.165, 1.54) is 17.5 Å². The fourth-order valence-electron chi connectivity index (χ4n) is 1.88. The van der Waals surface area contributed by atoms with Crippen molar-refractivity contribution in [2.75, 3.05) is 11.9 Å². The lowest BCUT2D eigenvalue weighted by Crippen LogP contribution is -2.19. The van der Waals surface area contributed by atoms with E-state index in [1.807, 2.05) is 0 Å². The van der Waals surface area contributed by atoms with Crippen LogP contribution < -0.4 is 10.6 Å². The Morgan fingerprint density at radius 3 is 3.00 bits per heavy atom. The molecule has 0 bridgehead atoms. The number of amides is 1. The first-order chi connectivity index (χ1) is 10.2. The fourth-order valence-corrected chi connectivity index (χ4v) is 1.88. The van der Waals surface area contributed by atoms with E-state index in [-0.39, 0.29) is 18.5 Å². The zero-order chi connectivity index (χ0) is 14.7. The zero-order valence-corrected chi connectivity index (χ0v) is 11.7. The molecule has 2 aromatic rings. The highest BCUT2D eigenvalue weighted by Crippen LogP contribution is 2.27. The van der Waals surface area contributed by atoms with Crippen LogP contribution in [-0.2, 0) is 17.9 Å². The van der Waals surface area contributed by atoms with Gasteiger partial charge >= 0.3 is 6.01 Å². The lowest BCUT2D eigenvalue weighted by Gasteiger charge is -2.00. The second kappa shape index (κ2) is 6.00. The molecule has 0 saturated heterocycles. The van der Waals surface area contributed by atoms with Gasteiger partial charge in [-0.2, -0.15) is 0 Å². The largest absolute Gasteiger partial charge is 0.408 e. The number of anilines is 1. The number of rotatable bonds is 7. The molecule has 0 aromatic carbocycles. The Morgan fingerprint density at radius 1 is 1.43 bits per heavy atom. The lowest BCUT2D eigenvalue weighted by atomic mass is 10.4. The Hall–Kier alpha value is -2.29. The third kappa shape index (κ3) is 4.09. The molecule has 9 heteroatoms. The van der Waals surface area contributed by atoms with E-state index in [1.54, 1.807) is 13.1 Å². The second-order valence-electron chi connectivity index (χ2n) is 5.16. The van der Waals surface area contributed by atoms with Crippen molar-refractivity contribution in [1.82, 2.24) is 30.5 Å². The van der Waals surface area contributed by atoms with Crippen LogP contribution in [0.2, 0.25) is 0 Å². The van der Waals surface area contributed by atoms with Gasteiger partial charge in [0.2, 0.25) is 11.8 Å². The first-order valence-electron chi connectivity index (χ1n) is 6.89. The average molecular weight is 291 g/mol. The Labute approximate surface area is 121 Å². The molecule has 9 nitrogen and oxygen atoms in total. The highest BCUT2D eigenvalue weighted by Gasteiger charge is 2.20. The Kier molecular flexibility index (Phi) is 3.91. The van der Waals surface area contributed by atoms with Gasteiger partial charge in [0.15, 0.2) is 0 Å². The first kappa shape index (κ1) is 13.7. The summed E-state index contributed by atoms with van der Waals surface area (Å²) < 4.78 is 6.55. The molecular weight excluding hydrogens is 274 g/mol. The minimum absolute atomic E-state index is 0.0526. The monoisotopic (exact) mass is 291 g/mol. The fraction of sp³-hybridized carbons (Fsp3) is 0.583. The van der Waals surface area contributed by atoms with Crippen LogP contribution in [0.3, 0.4) is 0 Å². The van der Waals surface area contributed by atoms with Crippen molar-refractivity contribution in [2.24, 2.45) is 5.92 Å². The molecule has 3 rings (SSSR count). The number of hydrogen-bond acceptors (Lipinski definition) is 7. The van der Waals surface area contributed by atoms with E-state index in [0.29, 0.717) is 12.4 Å². The predicted octanol–water partition coefficient (Wildman–Crippen LogP) is 0.108. The Bertz CT molecular complexity index is 617. The van der Waals surface area contributed by atoms with Crippen LogP contribution in [-0.4, -0.2) is 37.6 Å². The van der Waals surface area contributed by atoms with Gasteiger partial charge < -0.3 is 9.73 Å². The van der Waals surface area contributed by atoms with Crippen LogP contribution >= 0.6 is 0 Å². The van der Waals surface area contributed by atoms with Gasteiger partial charge in [0.25, 0.3) is 0 Å². The molecule has 1 fully saturated rings. The van der Waals surface area contributed by atoms with Gasteiger partial charge in [-0.15, -0.1) is 10.2 Å². The molecule has 1 aliphatic rings. The summed E-state index contributed by atoms with van der Waals surface area (Å²) in [6.45, 7) is 3.39. The first-order valence-corrected chi connectivity index (χ1v) is 6.89. The quantitative estimate of drug-likeness (QED) is 0.744. The van der Waals surface area contributed by atoms with Crippen LogP contribution in [0.15, 0.2) is 10.6 Å². The molecule has 0 radical (unpaired) electrons. The molecule has 112 valence electrons. The van der Waals surface area contributed by atoms with Crippen molar-refractivity contribution in [2.45, 2.75) is 32.9 Å². The summed E-state index contributed by atoms with van der Waals surface area (Å²) in [5.41, 5.74) is 0.817. The van der Waals surface area contributed by atoms with E-state index < -0.39 is 0 Å². The maximum Gasteiger partial charge on any atom is 0.322 e. The number of nitrogens with zero attached hydrogens (tertiary/aromatic N) is 5. The van der Waals surface area contributed by atoms with Gasteiger partial charge in [0.1, 0.15) is 6.54 Å². The maximum absolute atomic E-state index is 11.8. The number of carbonyl (C=O) groups is 1. The van der Waals surface area contributed by atoms with Crippen LogP contribution in [0.5, 0.6) is 0 Å². The maximum atomic E-state index is 11.8. The van der Waals surface area contributed by atoms with Gasteiger partial charge in [0, 0.05) is 13.5 Å². The lowest BCUT2D eigenvalue weighted by molar-refractivity contribution is -0.117. The SMILES string of the molecule is Cc1nnc(NC(=O)Cn2cc(CNCC3CC3)nn2)o1. The zero-order valence-electron chi connectivity index (χ0n) is 11.7. The summed E-state index contributed by atoms with van der Waals surface area (Å²) in [6.07, 6.45) is 4.38. The summed E-state index contributed by atoms with van der Waals surface area (Å²) >= 11 is 0. The molecule has 0 atom stereocenters. The minimum atomic E-state index is -0.291. The van der Waals surface area contributed by atoms with Crippen LogP contribution in [0, 0.1) is 12.8 Å². The van der Waals surface area contributed by atoms with Gasteiger partial charge in [-0.3, -0.25) is 10.1 Å². The number of aromatic nitrogens is 5. The summed E-state index contributed by atoms with van der Waals surface area (Å²) in [6, 6.07) is 0.0870. The summed E-state index contributed by atoms with van der Waals surface area (Å²) in [7, 11) is 0. The Balaban J connectivity index is 1.45. The molecular formula is C12H17N7O2. The van der Waals surface area contributed by atoms with Gasteiger partial charge in [-0.1, -0.05) is 10.3 Å². The second-order valence-corrected chi connectivity index (χ2v) is 5.16. The van der Waals surface area contributed by atoms with Gasteiger partial charge in [-0.05, 0) is 25.3 Å². The molecule has 2 aromatic heterocycles. The Morgan fingerprint density at radius 2 is 2.29 bits per heavy atom. The molecule has 2 N–H and O–H groups in total. The summed E-state index contributed by atoms with van der Waals surface area (Å²) in [5, 5.41) is 21.1. The van der Waals surface area contributed by atoms with E-state index >= 15 is 0 Å². The van der Waals surface area contributed by atoms with Crippen molar-refractivity contribution < 1.29 is 9.21 Å². The van der Waals surface area contributed by atoms with Crippen molar-refractivity contribution in [3.63, 3.8) is 0 Å². The van der Waals surface area contributed by atoms with Gasteiger partial charge in [0.05, 0.1) is 11.9 Å². The molecule has 0 unspecified atom stereocenters. The van der Waals surface area contributed by atoms with Crippen molar-refractivity contribution >= 4 is 11.9 Å². The highest BCUT2D eigenvalue weighted by molar-refractivity contribution is 5.88. The molecule has 0 spiro atoms. The minimum Gasteiger partial charge on any atom is -0.408 e. The molecule has 0 aliphatic heterocycles. The molecule has 1 amide bonds. The third-order valence-corrected chi connectivity index (χ3v) is 3.10. The molecule has 1 aliphatic carbocycles. The van der Waals surface area contributed by atoms with Crippen molar-refractivity contribution in [3.05, 3.63) is 17.8 Å². The number of aryl methyl sites for hydroxylation is 1. The summed E-state index contributed by atoms with van der Waals surface area (Å²) in [5.74, 6) is 0.930. The smallest absolute Gasteiger partial charge is 0.322 e. The highest BCUT2D eigenvalue weighted by atomic mass is 16.4. The topological polar surface area (TPSA) is 111 Å².